The van der Waals surface area contributed by atoms with E-state index >= 15 is 0 Å². The Morgan fingerprint density at radius 3 is 2.71 bits per heavy atom. The molecular formula is C15H11FN2O2S. The average Bonchev–Trinajstić information content (AvgIpc) is 3.06. The first-order valence-electron chi connectivity index (χ1n) is 6.26. The highest BCUT2D eigenvalue weighted by atomic mass is 32.1. The number of hydrogen-bond acceptors (Lipinski definition) is 3. The van der Waals surface area contributed by atoms with E-state index in [2.05, 4.69) is 5.32 Å². The molecule has 1 amide bonds. The Balaban J connectivity index is 1.81. The van der Waals surface area contributed by atoms with Crippen LogP contribution in [0.4, 0.5) is 4.39 Å². The lowest BCUT2D eigenvalue weighted by Crippen LogP contribution is -2.29. The van der Waals surface area contributed by atoms with E-state index in [-0.39, 0.29) is 18.3 Å². The zero-order chi connectivity index (χ0) is 14.8. The van der Waals surface area contributed by atoms with Crippen molar-refractivity contribution in [1.29, 1.82) is 0 Å². The lowest BCUT2D eigenvalue weighted by molar-refractivity contribution is -0.122. The summed E-state index contributed by atoms with van der Waals surface area (Å²) in [5, 5.41) is 3.19. The van der Waals surface area contributed by atoms with Crippen molar-refractivity contribution in [1.82, 2.24) is 10.2 Å². The Morgan fingerprint density at radius 2 is 2.05 bits per heavy atom. The van der Waals surface area contributed by atoms with E-state index in [4.69, 9.17) is 16.6 Å². The highest BCUT2D eigenvalue weighted by Gasteiger charge is 2.31. The van der Waals surface area contributed by atoms with Gasteiger partial charge in [0.1, 0.15) is 17.3 Å². The van der Waals surface area contributed by atoms with Crippen molar-refractivity contribution in [3.63, 3.8) is 0 Å². The fourth-order valence-corrected chi connectivity index (χ4v) is 2.26. The van der Waals surface area contributed by atoms with Gasteiger partial charge >= 0.3 is 0 Å². The predicted octanol–water partition coefficient (Wildman–Crippen LogP) is 2.68. The Hall–Kier alpha value is -2.47. The van der Waals surface area contributed by atoms with Crippen molar-refractivity contribution in [3.05, 3.63) is 65.5 Å². The molecule has 1 aliphatic rings. The summed E-state index contributed by atoms with van der Waals surface area (Å²) in [7, 11) is 0. The third-order valence-corrected chi connectivity index (χ3v) is 3.36. The highest BCUT2D eigenvalue weighted by molar-refractivity contribution is 7.80. The number of furan rings is 1. The molecule has 1 aromatic carbocycles. The van der Waals surface area contributed by atoms with Gasteiger partial charge in [0, 0.05) is 0 Å². The lowest BCUT2D eigenvalue weighted by Gasteiger charge is -2.11. The van der Waals surface area contributed by atoms with Gasteiger partial charge in [-0.05, 0) is 48.1 Å². The van der Waals surface area contributed by atoms with Gasteiger partial charge in [0.15, 0.2) is 5.11 Å². The quantitative estimate of drug-likeness (QED) is 0.699. The molecule has 106 valence electrons. The zero-order valence-corrected chi connectivity index (χ0v) is 11.7. The molecule has 0 saturated carbocycles. The maximum atomic E-state index is 12.9. The van der Waals surface area contributed by atoms with Gasteiger partial charge in [-0.3, -0.25) is 9.69 Å². The van der Waals surface area contributed by atoms with E-state index < -0.39 is 0 Å². The van der Waals surface area contributed by atoms with Crippen LogP contribution in [0.5, 0.6) is 0 Å². The van der Waals surface area contributed by atoms with Gasteiger partial charge in [0.2, 0.25) is 0 Å². The van der Waals surface area contributed by atoms with Gasteiger partial charge in [-0.15, -0.1) is 0 Å². The normalized spacial score (nSPS) is 16.6. The van der Waals surface area contributed by atoms with Gasteiger partial charge in [-0.1, -0.05) is 12.1 Å². The SMILES string of the molecule is O=C1/C(=C/c2ccc(F)cc2)NC(=S)N1Cc1ccco1. The van der Waals surface area contributed by atoms with E-state index in [0.29, 0.717) is 16.6 Å². The summed E-state index contributed by atoms with van der Waals surface area (Å²) < 4.78 is 18.1. The minimum absolute atomic E-state index is 0.235. The second-order valence-corrected chi connectivity index (χ2v) is 4.90. The summed E-state index contributed by atoms with van der Waals surface area (Å²) in [6.45, 7) is 0.276. The number of carbonyl (C=O) groups is 1. The van der Waals surface area contributed by atoms with E-state index in [1.807, 2.05) is 0 Å². The van der Waals surface area contributed by atoms with Crippen LogP contribution in [-0.2, 0) is 11.3 Å². The van der Waals surface area contributed by atoms with Crippen LogP contribution < -0.4 is 5.32 Å². The zero-order valence-electron chi connectivity index (χ0n) is 10.9. The molecule has 0 atom stereocenters. The van der Waals surface area contributed by atoms with Crippen molar-refractivity contribution in [2.24, 2.45) is 0 Å². The van der Waals surface area contributed by atoms with Crippen molar-refractivity contribution in [2.45, 2.75) is 6.54 Å². The van der Waals surface area contributed by atoms with Crippen LogP contribution in [0.3, 0.4) is 0 Å². The number of amides is 1. The number of nitrogens with one attached hydrogen (secondary N) is 1. The molecule has 6 heteroatoms. The Labute approximate surface area is 125 Å². The third-order valence-electron chi connectivity index (χ3n) is 3.04. The number of carbonyl (C=O) groups excluding carboxylic acids is 1. The van der Waals surface area contributed by atoms with E-state index in [1.165, 1.54) is 17.0 Å². The average molecular weight is 302 g/mol. The first-order valence-corrected chi connectivity index (χ1v) is 6.67. The van der Waals surface area contributed by atoms with Crippen molar-refractivity contribution in [2.75, 3.05) is 0 Å². The number of thiocarbonyl (C=S) groups is 1. The van der Waals surface area contributed by atoms with E-state index in [1.54, 1.807) is 36.6 Å². The molecular weight excluding hydrogens is 291 g/mol. The number of halogens is 1. The van der Waals surface area contributed by atoms with Gasteiger partial charge in [0.05, 0.1) is 12.8 Å². The van der Waals surface area contributed by atoms with E-state index in [0.717, 1.165) is 5.56 Å². The van der Waals surface area contributed by atoms with E-state index in [9.17, 15) is 9.18 Å². The van der Waals surface area contributed by atoms with Gasteiger partial charge < -0.3 is 9.73 Å². The lowest BCUT2D eigenvalue weighted by atomic mass is 10.2. The second-order valence-electron chi connectivity index (χ2n) is 4.51. The predicted molar refractivity (Wildman–Crippen MR) is 79.4 cm³/mol. The molecule has 0 radical (unpaired) electrons. The van der Waals surface area contributed by atoms with Gasteiger partial charge in [-0.25, -0.2) is 4.39 Å². The summed E-state index contributed by atoms with van der Waals surface area (Å²) in [6, 6.07) is 9.39. The van der Waals surface area contributed by atoms with Gasteiger partial charge in [0.25, 0.3) is 5.91 Å². The van der Waals surface area contributed by atoms with Crippen LogP contribution >= 0.6 is 12.2 Å². The Morgan fingerprint density at radius 1 is 1.29 bits per heavy atom. The topological polar surface area (TPSA) is 45.5 Å². The summed E-state index contributed by atoms with van der Waals surface area (Å²) in [5.74, 6) is 0.0917. The Bertz CT molecular complexity index is 708. The van der Waals surface area contributed by atoms with Crippen molar-refractivity contribution >= 4 is 29.3 Å². The monoisotopic (exact) mass is 302 g/mol. The minimum atomic E-state index is -0.321. The number of hydrogen-bond donors (Lipinski definition) is 1. The number of rotatable bonds is 3. The van der Waals surface area contributed by atoms with Crippen molar-refractivity contribution in [3.8, 4) is 0 Å². The summed E-state index contributed by atoms with van der Waals surface area (Å²) in [6.07, 6.45) is 3.18. The fraction of sp³-hybridized carbons (Fsp3) is 0.0667. The molecule has 1 N–H and O–H groups in total. The molecule has 0 unspecified atom stereocenters. The molecule has 1 aromatic heterocycles. The maximum Gasteiger partial charge on any atom is 0.276 e. The first-order chi connectivity index (χ1) is 10.1. The van der Waals surface area contributed by atoms with Crippen LogP contribution in [-0.4, -0.2) is 15.9 Å². The second kappa shape index (κ2) is 5.49. The third kappa shape index (κ3) is 2.85. The molecule has 4 nitrogen and oxygen atoms in total. The smallest absolute Gasteiger partial charge is 0.276 e. The molecule has 1 aliphatic heterocycles. The van der Waals surface area contributed by atoms with Crippen LogP contribution in [0.15, 0.2) is 52.8 Å². The van der Waals surface area contributed by atoms with Crippen molar-refractivity contribution < 1.29 is 13.6 Å². The summed E-state index contributed by atoms with van der Waals surface area (Å²) >= 11 is 5.16. The number of benzene rings is 1. The molecule has 21 heavy (non-hydrogen) atoms. The highest BCUT2D eigenvalue weighted by Crippen LogP contribution is 2.17. The fourth-order valence-electron chi connectivity index (χ4n) is 2.00. The van der Waals surface area contributed by atoms with Crippen LogP contribution in [0.25, 0.3) is 6.08 Å². The summed E-state index contributed by atoms with van der Waals surface area (Å²) in [4.78, 5) is 13.7. The molecule has 1 saturated heterocycles. The molecule has 0 spiro atoms. The largest absolute Gasteiger partial charge is 0.467 e. The molecule has 2 heterocycles. The van der Waals surface area contributed by atoms with Crippen LogP contribution in [0.1, 0.15) is 11.3 Å². The molecule has 1 fully saturated rings. The maximum absolute atomic E-state index is 12.9. The van der Waals surface area contributed by atoms with Gasteiger partial charge in [-0.2, -0.15) is 0 Å². The van der Waals surface area contributed by atoms with Crippen LogP contribution in [0.2, 0.25) is 0 Å². The number of nitrogens with zero attached hydrogens (tertiary/aromatic N) is 1. The standard InChI is InChI=1S/C15H11FN2O2S/c16-11-5-3-10(4-6-11)8-13-14(19)18(15(21)17-13)9-12-2-1-7-20-12/h1-8H,9H2,(H,17,21)/b13-8-. The molecule has 2 aromatic rings. The summed E-state index contributed by atoms with van der Waals surface area (Å²) in [5.41, 5.74) is 1.08. The van der Waals surface area contributed by atoms with Crippen LogP contribution in [0, 0.1) is 5.82 Å². The Kier molecular flexibility index (Phi) is 3.53. The molecule has 0 aliphatic carbocycles. The molecule has 0 bridgehead atoms. The molecule has 3 rings (SSSR count). The minimum Gasteiger partial charge on any atom is -0.467 e. The first kappa shape index (κ1) is 13.5.